The third-order valence-electron chi connectivity index (χ3n) is 2.98. The van der Waals surface area contributed by atoms with Crippen LogP contribution in [0, 0.1) is 5.92 Å². The molecule has 0 aliphatic carbocycles. The Labute approximate surface area is 103 Å². The minimum atomic E-state index is 0.346. The number of pyridine rings is 1. The summed E-state index contributed by atoms with van der Waals surface area (Å²) >= 11 is 5.01. The van der Waals surface area contributed by atoms with Crippen molar-refractivity contribution >= 4 is 22.9 Å². The van der Waals surface area contributed by atoms with Crippen molar-refractivity contribution < 1.29 is 0 Å². The van der Waals surface area contributed by atoms with E-state index in [1.165, 1.54) is 0 Å². The molecule has 0 aliphatic rings. The number of rotatable bonds is 4. The van der Waals surface area contributed by atoms with Crippen molar-refractivity contribution in [1.82, 2.24) is 4.98 Å². The van der Waals surface area contributed by atoms with Crippen molar-refractivity contribution in [1.29, 1.82) is 0 Å². The maximum Gasteiger partial charge on any atom is 0.124 e. The molecule has 0 radical (unpaired) electrons. The zero-order valence-corrected chi connectivity index (χ0v) is 11.1. The SMILES string of the molecule is CC(C)C(C)N(C)c1cccnc1C(N)=S. The van der Waals surface area contributed by atoms with Gasteiger partial charge in [0.15, 0.2) is 0 Å². The van der Waals surface area contributed by atoms with Gasteiger partial charge in [-0.25, -0.2) is 0 Å². The molecule has 0 aliphatic heterocycles. The molecule has 1 atom stereocenters. The Hall–Kier alpha value is -1.16. The summed E-state index contributed by atoms with van der Waals surface area (Å²) in [6.45, 7) is 6.57. The molecular weight excluding hydrogens is 218 g/mol. The van der Waals surface area contributed by atoms with Crippen LogP contribution in [-0.2, 0) is 0 Å². The minimum absolute atomic E-state index is 0.346. The molecule has 1 aromatic rings. The first-order chi connectivity index (χ1) is 7.45. The van der Waals surface area contributed by atoms with E-state index in [1.807, 2.05) is 19.2 Å². The summed E-state index contributed by atoms with van der Waals surface area (Å²) in [6, 6.07) is 4.32. The average molecular weight is 237 g/mol. The monoisotopic (exact) mass is 237 g/mol. The van der Waals surface area contributed by atoms with Gasteiger partial charge in [-0.05, 0) is 25.0 Å². The topological polar surface area (TPSA) is 42.2 Å². The summed E-state index contributed by atoms with van der Waals surface area (Å²) in [6.07, 6.45) is 1.71. The third-order valence-corrected chi connectivity index (χ3v) is 3.17. The largest absolute Gasteiger partial charge is 0.388 e. The fraction of sp³-hybridized carbons (Fsp3) is 0.500. The van der Waals surface area contributed by atoms with Crippen molar-refractivity contribution in [2.75, 3.05) is 11.9 Å². The highest BCUT2D eigenvalue weighted by atomic mass is 32.1. The van der Waals surface area contributed by atoms with E-state index in [1.54, 1.807) is 6.20 Å². The summed E-state index contributed by atoms with van der Waals surface area (Å²) in [7, 11) is 2.05. The summed E-state index contributed by atoms with van der Waals surface area (Å²) < 4.78 is 0. The van der Waals surface area contributed by atoms with Crippen molar-refractivity contribution in [2.45, 2.75) is 26.8 Å². The molecule has 0 spiro atoms. The highest BCUT2D eigenvalue weighted by Gasteiger charge is 2.17. The van der Waals surface area contributed by atoms with Crippen LogP contribution in [0.15, 0.2) is 18.3 Å². The molecule has 3 nitrogen and oxygen atoms in total. The van der Waals surface area contributed by atoms with Crippen LogP contribution in [0.5, 0.6) is 0 Å². The Morgan fingerprint density at radius 2 is 2.06 bits per heavy atom. The Morgan fingerprint density at radius 1 is 1.44 bits per heavy atom. The summed E-state index contributed by atoms with van der Waals surface area (Å²) in [5.74, 6) is 0.560. The van der Waals surface area contributed by atoms with Crippen LogP contribution in [0.25, 0.3) is 0 Å². The smallest absolute Gasteiger partial charge is 0.124 e. The second kappa shape index (κ2) is 5.25. The second-order valence-electron chi connectivity index (χ2n) is 4.33. The van der Waals surface area contributed by atoms with Gasteiger partial charge >= 0.3 is 0 Å². The van der Waals surface area contributed by atoms with Gasteiger partial charge in [-0.3, -0.25) is 4.98 Å². The van der Waals surface area contributed by atoms with Gasteiger partial charge in [0, 0.05) is 19.3 Å². The normalized spacial score (nSPS) is 12.6. The van der Waals surface area contributed by atoms with E-state index < -0.39 is 0 Å². The minimum Gasteiger partial charge on any atom is -0.388 e. The number of aromatic nitrogens is 1. The van der Waals surface area contributed by atoms with E-state index in [0.717, 1.165) is 5.69 Å². The van der Waals surface area contributed by atoms with Gasteiger partial charge < -0.3 is 10.6 Å². The fourth-order valence-electron chi connectivity index (χ4n) is 1.54. The molecule has 2 N–H and O–H groups in total. The second-order valence-corrected chi connectivity index (χ2v) is 4.77. The van der Waals surface area contributed by atoms with Gasteiger partial charge in [-0.15, -0.1) is 0 Å². The summed E-state index contributed by atoms with van der Waals surface area (Å²) in [4.78, 5) is 6.75. The Kier molecular flexibility index (Phi) is 4.24. The summed E-state index contributed by atoms with van der Waals surface area (Å²) in [5.41, 5.74) is 7.37. The number of nitrogens with two attached hydrogens (primary N) is 1. The zero-order valence-electron chi connectivity index (χ0n) is 10.3. The molecule has 0 bridgehead atoms. The average Bonchev–Trinajstić information content (AvgIpc) is 2.26. The lowest BCUT2D eigenvalue weighted by molar-refractivity contribution is 0.505. The number of hydrogen-bond acceptors (Lipinski definition) is 3. The molecule has 16 heavy (non-hydrogen) atoms. The van der Waals surface area contributed by atoms with E-state index >= 15 is 0 Å². The molecule has 1 rings (SSSR count). The Bertz CT molecular complexity index is 376. The van der Waals surface area contributed by atoms with Gasteiger partial charge in [0.05, 0.1) is 5.69 Å². The fourth-order valence-corrected chi connectivity index (χ4v) is 1.70. The molecule has 0 saturated heterocycles. The lowest BCUT2D eigenvalue weighted by Gasteiger charge is -2.30. The summed E-state index contributed by atoms with van der Waals surface area (Å²) in [5, 5.41) is 0. The highest BCUT2D eigenvalue weighted by molar-refractivity contribution is 7.80. The van der Waals surface area contributed by atoms with E-state index in [-0.39, 0.29) is 0 Å². The van der Waals surface area contributed by atoms with Gasteiger partial charge in [-0.2, -0.15) is 0 Å². The van der Waals surface area contributed by atoms with Crippen molar-refractivity contribution in [3.05, 3.63) is 24.0 Å². The molecular formula is C12H19N3S. The quantitative estimate of drug-likeness (QED) is 0.815. The Morgan fingerprint density at radius 3 is 2.56 bits per heavy atom. The zero-order chi connectivity index (χ0) is 12.3. The van der Waals surface area contributed by atoms with Crippen LogP contribution in [-0.4, -0.2) is 23.1 Å². The van der Waals surface area contributed by atoms with Crippen LogP contribution >= 0.6 is 12.2 Å². The highest BCUT2D eigenvalue weighted by Crippen LogP contribution is 2.21. The first-order valence-electron chi connectivity index (χ1n) is 5.42. The third kappa shape index (κ3) is 2.70. The van der Waals surface area contributed by atoms with Crippen LogP contribution < -0.4 is 10.6 Å². The number of anilines is 1. The van der Waals surface area contributed by atoms with Gasteiger partial charge in [-0.1, -0.05) is 26.1 Å². The molecule has 1 aromatic heterocycles. The van der Waals surface area contributed by atoms with E-state index in [0.29, 0.717) is 22.6 Å². The molecule has 4 heteroatoms. The molecule has 88 valence electrons. The molecule has 0 saturated carbocycles. The van der Waals surface area contributed by atoms with E-state index in [2.05, 4.69) is 30.7 Å². The van der Waals surface area contributed by atoms with Crippen molar-refractivity contribution in [3.63, 3.8) is 0 Å². The number of nitrogens with zero attached hydrogens (tertiary/aromatic N) is 2. The molecule has 1 heterocycles. The van der Waals surface area contributed by atoms with Gasteiger partial charge in [0.1, 0.15) is 10.7 Å². The van der Waals surface area contributed by atoms with Crippen molar-refractivity contribution in [3.8, 4) is 0 Å². The lowest BCUT2D eigenvalue weighted by atomic mass is 10.0. The first-order valence-corrected chi connectivity index (χ1v) is 5.83. The molecule has 0 amide bonds. The maximum atomic E-state index is 5.67. The molecule has 1 unspecified atom stereocenters. The van der Waals surface area contributed by atoms with Gasteiger partial charge in [0.2, 0.25) is 0 Å². The van der Waals surface area contributed by atoms with E-state index in [4.69, 9.17) is 18.0 Å². The first kappa shape index (κ1) is 12.9. The Balaban J connectivity index is 3.08. The van der Waals surface area contributed by atoms with Crippen molar-refractivity contribution in [2.24, 2.45) is 11.7 Å². The standard InChI is InChI=1S/C12H19N3S/c1-8(2)9(3)15(4)10-6-5-7-14-11(10)12(13)16/h5-9H,1-4H3,(H2,13,16). The van der Waals surface area contributed by atoms with Crippen LogP contribution in [0.1, 0.15) is 26.5 Å². The van der Waals surface area contributed by atoms with Crippen LogP contribution in [0.4, 0.5) is 5.69 Å². The predicted molar refractivity (Wildman–Crippen MR) is 72.8 cm³/mol. The van der Waals surface area contributed by atoms with Crippen LogP contribution in [0.3, 0.4) is 0 Å². The maximum absolute atomic E-state index is 5.67. The van der Waals surface area contributed by atoms with Gasteiger partial charge in [0.25, 0.3) is 0 Å². The van der Waals surface area contributed by atoms with E-state index in [9.17, 15) is 0 Å². The molecule has 0 fully saturated rings. The lowest BCUT2D eigenvalue weighted by Crippen LogP contribution is -2.34. The molecule has 0 aromatic carbocycles. The predicted octanol–water partition coefficient (Wildman–Crippen LogP) is 2.20. The van der Waals surface area contributed by atoms with Crippen LogP contribution in [0.2, 0.25) is 0 Å². The number of hydrogen-bond donors (Lipinski definition) is 1. The number of thiocarbonyl (C=S) groups is 1.